The number of hydrogen-bond donors (Lipinski definition) is 0. The van der Waals surface area contributed by atoms with Gasteiger partial charge >= 0.3 is 0 Å². The molecule has 0 bridgehead atoms. The molecule has 38 heavy (non-hydrogen) atoms. The topological polar surface area (TPSA) is 49.7 Å². The van der Waals surface area contributed by atoms with Crippen molar-refractivity contribution >= 4 is 23.8 Å². The number of rotatable bonds is 15. The Bertz CT molecular complexity index is 1160. The molecule has 2 aromatic carbocycles. The fourth-order valence-electron chi connectivity index (χ4n) is 3.79. The number of ether oxygens (including phenoxy) is 2. The van der Waals surface area contributed by atoms with Crippen molar-refractivity contribution in [3.05, 3.63) is 133 Å². The van der Waals surface area contributed by atoms with E-state index in [2.05, 4.69) is 23.4 Å². The van der Waals surface area contributed by atoms with Gasteiger partial charge in [0.1, 0.15) is 0 Å². The molecule has 0 saturated carbocycles. The zero-order valence-electron chi connectivity index (χ0n) is 21.7. The fraction of sp³-hybridized carbons (Fsp3) is 0.188. The van der Waals surface area contributed by atoms with Gasteiger partial charge in [0, 0.05) is 11.1 Å². The Kier molecular flexibility index (Phi) is 10.2. The van der Waals surface area contributed by atoms with E-state index in [1.165, 1.54) is 0 Å². The minimum absolute atomic E-state index is 0.505. The van der Waals surface area contributed by atoms with E-state index in [4.69, 9.17) is 9.47 Å². The molecule has 194 valence electrons. The van der Waals surface area contributed by atoms with Crippen LogP contribution in [0.1, 0.15) is 0 Å². The number of benzene rings is 2. The van der Waals surface area contributed by atoms with Gasteiger partial charge in [-0.3, -0.25) is 10.0 Å². The first-order chi connectivity index (χ1) is 18.7. The van der Waals surface area contributed by atoms with Crippen molar-refractivity contribution in [1.29, 1.82) is 0 Å². The van der Waals surface area contributed by atoms with E-state index in [1.54, 1.807) is 0 Å². The summed E-state index contributed by atoms with van der Waals surface area (Å²) >= 11 is 0. The van der Waals surface area contributed by atoms with Gasteiger partial charge in [0.25, 0.3) is 0 Å². The summed E-state index contributed by atoms with van der Waals surface area (Å²) in [6, 6.07) is 20.1. The van der Waals surface area contributed by atoms with Crippen LogP contribution in [0.5, 0.6) is 0 Å². The van der Waals surface area contributed by atoms with E-state index in [9.17, 15) is 0 Å². The van der Waals surface area contributed by atoms with Gasteiger partial charge in [-0.05, 0) is 35.4 Å². The molecule has 0 N–H and O–H groups in total. The summed E-state index contributed by atoms with van der Waals surface area (Å²) in [7, 11) is 0. The maximum atomic E-state index is 5.84. The Labute approximate surface area is 225 Å². The van der Waals surface area contributed by atoms with E-state index < -0.39 is 0 Å². The predicted octanol–water partition coefficient (Wildman–Crippen LogP) is 6.11. The number of para-hydroxylation sites is 2. The maximum Gasteiger partial charge on any atom is 0.0701 e. The third-order valence-corrected chi connectivity index (χ3v) is 5.94. The maximum absolute atomic E-state index is 5.84. The van der Waals surface area contributed by atoms with E-state index in [0.29, 0.717) is 39.5 Å². The first kappa shape index (κ1) is 26.8. The third-order valence-electron chi connectivity index (χ3n) is 5.94. The molecular weight excluding hydrogens is 472 g/mol. The second-order valence-electron chi connectivity index (χ2n) is 8.64. The van der Waals surface area contributed by atoms with Gasteiger partial charge in [0.2, 0.25) is 0 Å². The molecule has 0 radical (unpaired) electrons. The second-order valence-corrected chi connectivity index (χ2v) is 8.64. The molecule has 0 aliphatic heterocycles. The zero-order chi connectivity index (χ0) is 26.4. The first-order valence-corrected chi connectivity index (χ1v) is 12.7. The summed E-state index contributed by atoms with van der Waals surface area (Å²) in [5, 5.41) is 13.2. The Morgan fingerprint density at radius 1 is 0.605 bits per heavy atom. The molecule has 0 unspecified atom stereocenters. The largest absolute Gasteiger partial charge is 0.377 e. The van der Waals surface area contributed by atoms with Crippen molar-refractivity contribution < 1.29 is 9.47 Å². The van der Waals surface area contributed by atoms with Gasteiger partial charge in [-0.2, -0.15) is 10.2 Å². The number of allylic oxidation sites excluding steroid dienone is 10. The van der Waals surface area contributed by atoms with Crippen molar-refractivity contribution in [3.8, 4) is 0 Å². The van der Waals surface area contributed by atoms with Crippen LogP contribution in [-0.2, 0) is 9.47 Å². The molecule has 0 heterocycles. The minimum Gasteiger partial charge on any atom is -0.377 e. The van der Waals surface area contributed by atoms with Gasteiger partial charge < -0.3 is 9.47 Å². The quantitative estimate of drug-likeness (QED) is 0.166. The van der Waals surface area contributed by atoms with Crippen LogP contribution in [0.25, 0.3) is 0 Å². The van der Waals surface area contributed by atoms with Crippen LogP contribution in [-0.4, -0.2) is 51.9 Å². The van der Waals surface area contributed by atoms with Crippen LogP contribution in [0.4, 0.5) is 11.4 Å². The van der Waals surface area contributed by atoms with Crippen LogP contribution < -0.4 is 10.0 Å². The third kappa shape index (κ3) is 8.13. The molecule has 2 aliphatic rings. The molecule has 0 fully saturated rings. The van der Waals surface area contributed by atoms with E-state index in [0.717, 1.165) is 33.7 Å². The van der Waals surface area contributed by atoms with Crippen LogP contribution >= 0.6 is 0 Å². The average Bonchev–Trinajstić information content (AvgIpc) is 3.56. The summed E-state index contributed by atoms with van der Waals surface area (Å²) in [4.78, 5) is 0. The molecule has 6 nitrogen and oxygen atoms in total. The number of anilines is 2. The number of nitrogens with zero attached hydrogens (tertiary/aromatic N) is 4. The summed E-state index contributed by atoms with van der Waals surface area (Å²) in [5.41, 5.74) is 5.96. The standard InChI is InChI=1S/C32H34N4O2/c1-27-11-9-13-29(27)25-33-35(31-15-5-3-6-16-31)19-21-37-23-24-38-22-20-36(32-17-7-4-8-18-32)34-26-30-14-10-12-28(30)2/h3-18,25-26H,1-2,19-24H2/b33-25+,34-26+. The summed E-state index contributed by atoms with van der Waals surface area (Å²) < 4.78 is 11.7. The van der Waals surface area contributed by atoms with Gasteiger partial charge in [0.05, 0.1) is 63.3 Å². The molecule has 0 aromatic heterocycles. The lowest BCUT2D eigenvalue weighted by molar-refractivity contribution is 0.0530. The lowest BCUT2D eigenvalue weighted by Gasteiger charge is -2.20. The fourth-order valence-corrected chi connectivity index (χ4v) is 3.79. The Morgan fingerprint density at radius 2 is 1.03 bits per heavy atom. The van der Waals surface area contributed by atoms with Crippen LogP contribution in [0.15, 0.2) is 143 Å². The molecule has 4 rings (SSSR count). The lowest BCUT2D eigenvalue weighted by atomic mass is 10.2. The Morgan fingerprint density at radius 3 is 1.39 bits per heavy atom. The SMILES string of the molecule is C=C1C=CC=C1/C=N/N(CCOCCOCCN(/N=C/C1=CC=CC1=C)c1ccccc1)c1ccccc1. The summed E-state index contributed by atoms with van der Waals surface area (Å²) in [5.74, 6) is 0. The van der Waals surface area contributed by atoms with Crippen molar-refractivity contribution in [2.24, 2.45) is 10.2 Å². The highest BCUT2D eigenvalue weighted by molar-refractivity contribution is 5.89. The van der Waals surface area contributed by atoms with Gasteiger partial charge in [0.15, 0.2) is 0 Å². The minimum atomic E-state index is 0.505. The highest BCUT2D eigenvalue weighted by atomic mass is 16.5. The normalized spacial score (nSPS) is 14.6. The highest BCUT2D eigenvalue weighted by Gasteiger charge is 2.08. The van der Waals surface area contributed by atoms with Crippen molar-refractivity contribution in [2.45, 2.75) is 0 Å². The molecular formula is C32H34N4O2. The second kappa shape index (κ2) is 14.5. The predicted molar refractivity (Wildman–Crippen MR) is 159 cm³/mol. The molecule has 0 atom stereocenters. The van der Waals surface area contributed by atoms with E-state index >= 15 is 0 Å². The smallest absolute Gasteiger partial charge is 0.0701 e. The van der Waals surface area contributed by atoms with Gasteiger partial charge in [-0.1, -0.05) is 86.0 Å². The molecule has 0 saturated heterocycles. The average molecular weight is 507 g/mol. The van der Waals surface area contributed by atoms with Gasteiger partial charge in [-0.15, -0.1) is 0 Å². The number of hydrazone groups is 2. The summed E-state index contributed by atoms with van der Waals surface area (Å²) in [6.07, 6.45) is 15.6. The lowest BCUT2D eigenvalue weighted by Crippen LogP contribution is -2.24. The molecule has 2 aliphatic carbocycles. The first-order valence-electron chi connectivity index (χ1n) is 12.7. The number of hydrogen-bond acceptors (Lipinski definition) is 6. The van der Waals surface area contributed by atoms with E-state index in [-0.39, 0.29) is 0 Å². The van der Waals surface area contributed by atoms with E-state index in [1.807, 2.05) is 120 Å². The van der Waals surface area contributed by atoms with Crippen LogP contribution in [0.2, 0.25) is 0 Å². The Balaban J connectivity index is 1.19. The molecule has 0 amide bonds. The molecule has 0 spiro atoms. The zero-order valence-corrected chi connectivity index (χ0v) is 21.7. The molecule has 2 aromatic rings. The molecule has 6 heteroatoms. The van der Waals surface area contributed by atoms with Crippen LogP contribution in [0.3, 0.4) is 0 Å². The summed E-state index contributed by atoms with van der Waals surface area (Å²) in [6.45, 7) is 11.4. The highest BCUT2D eigenvalue weighted by Crippen LogP contribution is 2.18. The van der Waals surface area contributed by atoms with Crippen molar-refractivity contribution in [1.82, 2.24) is 0 Å². The van der Waals surface area contributed by atoms with Crippen molar-refractivity contribution in [2.75, 3.05) is 49.5 Å². The monoisotopic (exact) mass is 506 g/mol. The van der Waals surface area contributed by atoms with Gasteiger partial charge in [-0.25, -0.2) is 0 Å². The van der Waals surface area contributed by atoms with Crippen molar-refractivity contribution in [3.63, 3.8) is 0 Å². The van der Waals surface area contributed by atoms with Crippen LogP contribution in [0, 0.1) is 0 Å². The Hall–Kier alpha value is -4.26.